The van der Waals surface area contributed by atoms with E-state index in [0.717, 1.165) is 5.16 Å². The van der Waals surface area contributed by atoms with E-state index in [1.807, 2.05) is 25.2 Å². The molecular formula is C16H14N6O2S. The van der Waals surface area contributed by atoms with E-state index in [2.05, 4.69) is 20.3 Å². The highest BCUT2D eigenvalue weighted by Crippen LogP contribution is 2.18. The smallest absolute Gasteiger partial charge is 0.284 e. The van der Waals surface area contributed by atoms with Crippen LogP contribution in [-0.2, 0) is 12.8 Å². The summed E-state index contributed by atoms with van der Waals surface area (Å²) >= 11 is 1.45. The summed E-state index contributed by atoms with van der Waals surface area (Å²) in [6, 6.07) is 10.6. The molecule has 0 fully saturated rings. The molecule has 9 heteroatoms. The van der Waals surface area contributed by atoms with Gasteiger partial charge in [0.2, 0.25) is 0 Å². The minimum absolute atomic E-state index is 0.122. The maximum Gasteiger partial charge on any atom is 0.284 e. The van der Waals surface area contributed by atoms with Gasteiger partial charge in [0.25, 0.3) is 5.56 Å². The largest absolute Gasteiger partial charge is 0.343 e. The number of rotatable bonds is 4. The highest BCUT2D eigenvalue weighted by molar-refractivity contribution is 7.98. The fourth-order valence-electron chi connectivity index (χ4n) is 2.57. The number of thioether (sulfide) groups is 1. The first kappa shape index (κ1) is 15.5. The van der Waals surface area contributed by atoms with Gasteiger partial charge < -0.3 is 9.55 Å². The summed E-state index contributed by atoms with van der Waals surface area (Å²) in [5, 5.41) is 11.7. The second kappa shape index (κ2) is 6.10. The molecule has 0 radical (unpaired) electrons. The van der Waals surface area contributed by atoms with Crippen molar-refractivity contribution in [3.63, 3.8) is 0 Å². The lowest BCUT2D eigenvalue weighted by atomic mass is 10.3. The predicted molar refractivity (Wildman–Crippen MR) is 95.1 cm³/mol. The Labute approximate surface area is 145 Å². The minimum atomic E-state index is -0.366. The number of aryl methyl sites for hydroxylation is 1. The lowest BCUT2D eigenvalue weighted by Crippen LogP contribution is -2.18. The third kappa shape index (κ3) is 2.78. The van der Waals surface area contributed by atoms with E-state index < -0.39 is 0 Å². The van der Waals surface area contributed by atoms with Crippen LogP contribution in [0.2, 0.25) is 0 Å². The van der Waals surface area contributed by atoms with Gasteiger partial charge in [-0.25, -0.2) is 4.68 Å². The average Bonchev–Trinajstić information content (AvgIpc) is 3.17. The quantitative estimate of drug-likeness (QED) is 0.540. The molecule has 3 heterocycles. The van der Waals surface area contributed by atoms with Gasteiger partial charge in [0.1, 0.15) is 17.4 Å². The Morgan fingerprint density at radius 3 is 2.72 bits per heavy atom. The van der Waals surface area contributed by atoms with Gasteiger partial charge >= 0.3 is 0 Å². The summed E-state index contributed by atoms with van der Waals surface area (Å²) in [7, 11) is 1.85. The number of H-pyrrole nitrogens is 2. The molecule has 0 spiro atoms. The second-order valence-corrected chi connectivity index (χ2v) is 6.45. The molecule has 8 nitrogen and oxygen atoms in total. The lowest BCUT2D eigenvalue weighted by Gasteiger charge is -2.01. The third-order valence-corrected chi connectivity index (χ3v) is 4.85. The zero-order valence-electron chi connectivity index (χ0n) is 13.3. The summed E-state index contributed by atoms with van der Waals surface area (Å²) in [4.78, 5) is 28.1. The molecule has 0 unspecified atom stereocenters. The van der Waals surface area contributed by atoms with E-state index >= 15 is 0 Å². The Balaban J connectivity index is 1.74. The molecule has 0 aliphatic rings. The van der Waals surface area contributed by atoms with E-state index in [0.29, 0.717) is 22.8 Å². The number of hydrogen-bond donors (Lipinski definition) is 2. The Morgan fingerprint density at radius 2 is 2.00 bits per heavy atom. The summed E-state index contributed by atoms with van der Waals surface area (Å²) in [5.74, 6) is 0.510. The molecule has 4 rings (SSSR count). The predicted octanol–water partition coefficient (Wildman–Crippen LogP) is 1.43. The Hall–Kier alpha value is -3.07. The van der Waals surface area contributed by atoms with Crippen molar-refractivity contribution in [2.75, 3.05) is 0 Å². The van der Waals surface area contributed by atoms with Crippen molar-refractivity contribution in [3.8, 4) is 5.69 Å². The molecule has 25 heavy (non-hydrogen) atoms. The number of aromatic nitrogens is 6. The van der Waals surface area contributed by atoms with Crippen LogP contribution in [0.1, 0.15) is 5.69 Å². The first-order valence-corrected chi connectivity index (χ1v) is 8.51. The summed E-state index contributed by atoms with van der Waals surface area (Å²) < 4.78 is 3.16. The molecule has 0 aliphatic carbocycles. The summed E-state index contributed by atoms with van der Waals surface area (Å²) in [5.41, 5.74) is 1.11. The monoisotopic (exact) mass is 354 g/mol. The summed E-state index contributed by atoms with van der Waals surface area (Å²) in [6.07, 6.45) is 1.62. The van der Waals surface area contributed by atoms with Gasteiger partial charge in [0, 0.05) is 24.6 Å². The normalized spacial score (nSPS) is 11.2. The van der Waals surface area contributed by atoms with Crippen LogP contribution in [-0.4, -0.2) is 29.5 Å². The summed E-state index contributed by atoms with van der Waals surface area (Å²) in [6.45, 7) is 0. The molecular weight excluding hydrogens is 340 g/mol. The van der Waals surface area contributed by atoms with Crippen LogP contribution in [0.25, 0.3) is 16.7 Å². The van der Waals surface area contributed by atoms with Gasteiger partial charge in [0.15, 0.2) is 10.6 Å². The molecule has 0 saturated heterocycles. The Kier molecular flexibility index (Phi) is 3.77. The molecule has 4 aromatic rings. The molecule has 0 bridgehead atoms. The highest BCUT2D eigenvalue weighted by atomic mass is 32.2. The van der Waals surface area contributed by atoms with E-state index in [4.69, 9.17) is 0 Å². The maximum absolute atomic E-state index is 12.5. The van der Waals surface area contributed by atoms with Crippen LogP contribution < -0.4 is 11.0 Å². The van der Waals surface area contributed by atoms with Gasteiger partial charge in [-0.05, 0) is 12.1 Å². The Morgan fingerprint density at radius 1 is 1.20 bits per heavy atom. The van der Waals surface area contributed by atoms with Gasteiger partial charge in [0.05, 0.1) is 5.69 Å². The number of hydrogen-bond acceptors (Lipinski definition) is 5. The van der Waals surface area contributed by atoms with Crippen molar-refractivity contribution >= 4 is 22.8 Å². The molecule has 0 amide bonds. The van der Waals surface area contributed by atoms with E-state index in [9.17, 15) is 9.59 Å². The van der Waals surface area contributed by atoms with Crippen LogP contribution >= 0.6 is 11.8 Å². The minimum Gasteiger partial charge on any atom is -0.343 e. The maximum atomic E-state index is 12.5. The van der Waals surface area contributed by atoms with Crippen LogP contribution in [0.3, 0.4) is 0 Å². The van der Waals surface area contributed by atoms with Gasteiger partial charge in [-0.3, -0.25) is 14.7 Å². The zero-order valence-corrected chi connectivity index (χ0v) is 14.1. The second-order valence-electron chi connectivity index (χ2n) is 5.51. The topological polar surface area (TPSA) is 101 Å². The van der Waals surface area contributed by atoms with Crippen LogP contribution in [0.4, 0.5) is 0 Å². The van der Waals surface area contributed by atoms with E-state index in [-0.39, 0.29) is 16.4 Å². The van der Waals surface area contributed by atoms with Crippen molar-refractivity contribution in [1.29, 1.82) is 0 Å². The van der Waals surface area contributed by atoms with Crippen molar-refractivity contribution in [3.05, 3.63) is 69.0 Å². The number of pyridine rings is 1. The van der Waals surface area contributed by atoms with Crippen LogP contribution in [0.5, 0.6) is 0 Å². The number of benzene rings is 1. The SMILES string of the molecule is Cn1cnnc1SCc1cc(=O)c2c(=O)n(-c3ccccc3)[nH]c2[nH]1. The zero-order chi connectivity index (χ0) is 17.4. The molecule has 0 atom stereocenters. The molecule has 0 saturated carbocycles. The molecule has 126 valence electrons. The van der Waals surface area contributed by atoms with Crippen LogP contribution in [0.15, 0.2) is 57.5 Å². The lowest BCUT2D eigenvalue weighted by molar-refractivity contribution is 0.788. The van der Waals surface area contributed by atoms with E-state index in [1.165, 1.54) is 22.5 Å². The standard InChI is InChI=1S/C16H14N6O2S/c1-21-9-17-19-16(21)25-8-10-7-12(23)13-14(18-10)20-22(15(13)24)11-5-3-2-4-6-11/h2-7,9H,8H2,1H3,(H2,18,20,23). The Bertz CT molecular complexity index is 1150. The van der Waals surface area contributed by atoms with Gasteiger partial charge in [-0.15, -0.1) is 10.2 Å². The average molecular weight is 354 g/mol. The van der Waals surface area contributed by atoms with Gasteiger partial charge in [-0.2, -0.15) is 0 Å². The first-order chi connectivity index (χ1) is 12.1. The first-order valence-electron chi connectivity index (χ1n) is 7.52. The van der Waals surface area contributed by atoms with Crippen LogP contribution in [0, 0.1) is 0 Å². The number of nitrogens with zero attached hydrogens (tertiary/aromatic N) is 4. The number of nitrogens with one attached hydrogen (secondary N) is 2. The van der Waals surface area contributed by atoms with Crippen molar-refractivity contribution in [2.45, 2.75) is 10.9 Å². The van der Waals surface area contributed by atoms with Crippen molar-refractivity contribution in [1.82, 2.24) is 29.5 Å². The molecule has 1 aromatic carbocycles. The van der Waals surface area contributed by atoms with Crippen molar-refractivity contribution < 1.29 is 0 Å². The molecule has 2 N–H and O–H groups in total. The molecule has 0 aliphatic heterocycles. The third-order valence-electron chi connectivity index (χ3n) is 3.77. The van der Waals surface area contributed by atoms with Gasteiger partial charge in [-0.1, -0.05) is 30.0 Å². The highest BCUT2D eigenvalue weighted by Gasteiger charge is 2.13. The van der Waals surface area contributed by atoms with E-state index in [1.54, 1.807) is 23.0 Å². The van der Waals surface area contributed by atoms with Crippen molar-refractivity contribution in [2.24, 2.45) is 7.05 Å². The number of aromatic amines is 2. The number of para-hydroxylation sites is 1. The number of fused-ring (bicyclic) bond motifs is 1. The fraction of sp³-hybridized carbons (Fsp3) is 0.125. The molecule has 3 aromatic heterocycles. The fourth-order valence-corrected chi connectivity index (χ4v) is 3.36.